The Hall–Kier alpha value is -1.60. The van der Waals surface area contributed by atoms with E-state index in [1.807, 2.05) is 18.2 Å². The van der Waals surface area contributed by atoms with Crippen LogP contribution in [0.3, 0.4) is 0 Å². The van der Waals surface area contributed by atoms with Crippen molar-refractivity contribution < 1.29 is 4.74 Å². The third-order valence-electron chi connectivity index (χ3n) is 5.38. The zero-order chi connectivity index (χ0) is 18.5. The maximum Gasteiger partial charge on any atom is 0.227 e. The molecular formula is C21H31Cl2N5O. The van der Waals surface area contributed by atoms with Gasteiger partial charge in [0.2, 0.25) is 5.95 Å². The highest BCUT2D eigenvalue weighted by molar-refractivity contribution is 5.85. The van der Waals surface area contributed by atoms with Gasteiger partial charge in [-0.1, -0.05) is 30.3 Å². The van der Waals surface area contributed by atoms with Gasteiger partial charge in [-0.2, -0.15) is 4.98 Å². The summed E-state index contributed by atoms with van der Waals surface area (Å²) in [6, 6.07) is 12.7. The molecule has 1 aliphatic carbocycles. The zero-order valence-corrected chi connectivity index (χ0v) is 18.3. The normalized spacial score (nSPS) is 20.4. The lowest BCUT2D eigenvalue weighted by atomic mass is 9.78. The van der Waals surface area contributed by atoms with Gasteiger partial charge in [-0.15, -0.1) is 24.8 Å². The second-order valence-corrected chi connectivity index (χ2v) is 7.57. The molecule has 4 rings (SSSR count). The van der Waals surface area contributed by atoms with E-state index < -0.39 is 0 Å². The molecule has 0 unspecified atom stereocenters. The molecule has 6 nitrogen and oxygen atoms in total. The molecule has 1 aliphatic heterocycles. The number of rotatable bonds is 8. The molecule has 29 heavy (non-hydrogen) atoms. The number of hydrogen-bond donors (Lipinski definition) is 2. The van der Waals surface area contributed by atoms with Gasteiger partial charge in [-0.3, -0.25) is 0 Å². The predicted octanol–water partition coefficient (Wildman–Crippen LogP) is 3.75. The van der Waals surface area contributed by atoms with Crippen molar-refractivity contribution in [2.24, 2.45) is 5.73 Å². The van der Waals surface area contributed by atoms with Crippen LogP contribution in [0.1, 0.15) is 42.9 Å². The second kappa shape index (κ2) is 11.6. The third-order valence-corrected chi connectivity index (χ3v) is 5.38. The van der Waals surface area contributed by atoms with Crippen LogP contribution in [0, 0.1) is 0 Å². The van der Waals surface area contributed by atoms with Crippen LogP contribution < -0.4 is 16.0 Å². The molecule has 2 fully saturated rings. The highest BCUT2D eigenvalue weighted by Gasteiger charge is 2.30. The fourth-order valence-corrected chi connectivity index (χ4v) is 3.73. The minimum atomic E-state index is 0. The van der Waals surface area contributed by atoms with Gasteiger partial charge in [0.1, 0.15) is 5.82 Å². The summed E-state index contributed by atoms with van der Waals surface area (Å²) < 4.78 is 5.76. The van der Waals surface area contributed by atoms with E-state index >= 15 is 0 Å². The van der Waals surface area contributed by atoms with Crippen LogP contribution in [0.25, 0.3) is 0 Å². The average Bonchev–Trinajstić information content (AvgIpc) is 3.21. The molecule has 1 saturated carbocycles. The largest absolute Gasteiger partial charge is 0.375 e. The predicted molar refractivity (Wildman–Crippen MR) is 123 cm³/mol. The van der Waals surface area contributed by atoms with Crippen LogP contribution >= 0.6 is 24.8 Å². The Morgan fingerprint density at radius 2 is 1.79 bits per heavy atom. The van der Waals surface area contributed by atoms with Crippen LogP contribution in [0.2, 0.25) is 0 Å². The summed E-state index contributed by atoms with van der Waals surface area (Å²) in [6.07, 6.45) is 4.49. The highest BCUT2D eigenvalue weighted by Crippen LogP contribution is 2.36. The fraction of sp³-hybridized carbons (Fsp3) is 0.524. The maximum absolute atomic E-state index is 5.98. The zero-order valence-electron chi connectivity index (χ0n) is 16.6. The van der Waals surface area contributed by atoms with Crippen LogP contribution in [-0.2, 0) is 11.3 Å². The Kier molecular flexibility index (Phi) is 9.43. The van der Waals surface area contributed by atoms with Crippen LogP contribution in [0.4, 0.5) is 11.8 Å². The Morgan fingerprint density at radius 1 is 1.07 bits per heavy atom. The number of hydrogen-bond acceptors (Lipinski definition) is 6. The summed E-state index contributed by atoms with van der Waals surface area (Å²) in [5, 5.41) is 3.42. The van der Waals surface area contributed by atoms with Crippen molar-refractivity contribution >= 4 is 36.6 Å². The number of ether oxygens (including phenoxy) is 1. The van der Waals surface area contributed by atoms with Crippen molar-refractivity contribution in [3.05, 3.63) is 47.7 Å². The SMILES string of the molecule is Cl.Cl.NC1CC(c2cc(NCCOCc3ccccc3)nc(N3CCCC3)n2)C1. The Balaban J connectivity index is 0.00000150. The summed E-state index contributed by atoms with van der Waals surface area (Å²) in [6.45, 7) is 4.10. The summed E-state index contributed by atoms with van der Waals surface area (Å²) in [5.41, 5.74) is 8.30. The van der Waals surface area contributed by atoms with Gasteiger partial charge in [0.15, 0.2) is 0 Å². The molecule has 2 aromatic rings. The van der Waals surface area contributed by atoms with Gasteiger partial charge in [-0.25, -0.2) is 4.98 Å². The number of benzene rings is 1. The summed E-state index contributed by atoms with van der Waals surface area (Å²) in [5.74, 6) is 2.23. The number of anilines is 2. The molecule has 8 heteroatoms. The molecule has 2 aliphatic rings. The number of nitrogens with one attached hydrogen (secondary N) is 1. The van der Waals surface area contributed by atoms with Gasteiger partial charge < -0.3 is 20.7 Å². The molecule has 1 aromatic heterocycles. The van der Waals surface area contributed by atoms with Crippen molar-refractivity contribution in [3.8, 4) is 0 Å². The van der Waals surface area contributed by atoms with E-state index in [9.17, 15) is 0 Å². The number of halogens is 2. The second-order valence-electron chi connectivity index (χ2n) is 7.57. The minimum absolute atomic E-state index is 0. The summed E-state index contributed by atoms with van der Waals surface area (Å²) in [7, 11) is 0. The first kappa shape index (κ1) is 23.7. The molecule has 0 amide bonds. The standard InChI is InChI=1S/C21H29N5O.2ClH/c22-18-12-17(13-18)19-14-20(25-21(24-19)26-9-4-5-10-26)23-8-11-27-15-16-6-2-1-3-7-16;;/h1-3,6-7,14,17-18H,4-5,8-13,15,22H2,(H,23,24,25);2*1H. The maximum atomic E-state index is 5.98. The minimum Gasteiger partial charge on any atom is -0.375 e. The van der Waals surface area contributed by atoms with Gasteiger partial charge in [0, 0.05) is 37.7 Å². The van der Waals surface area contributed by atoms with E-state index in [0.29, 0.717) is 25.2 Å². The van der Waals surface area contributed by atoms with Crippen molar-refractivity contribution in [3.63, 3.8) is 0 Å². The van der Waals surface area contributed by atoms with Crippen LogP contribution in [-0.4, -0.2) is 42.3 Å². The summed E-state index contributed by atoms with van der Waals surface area (Å²) in [4.78, 5) is 11.9. The van der Waals surface area contributed by atoms with Gasteiger partial charge in [0.25, 0.3) is 0 Å². The van der Waals surface area contributed by atoms with E-state index in [-0.39, 0.29) is 24.8 Å². The Morgan fingerprint density at radius 3 is 2.48 bits per heavy atom. The topological polar surface area (TPSA) is 76.3 Å². The van der Waals surface area contributed by atoms with E-state index in [0.717, 1.165) is 49.9 Å². The fourth-order valence-electron chi connectivity index (χ4n) is 3.73. The van der Waals surface area contributed by atoms with Crippen molar-refractivity contribution in [2.45, 2.75) is 44.2 Å². The van der Waals surface area contributed by atoms with E-state index in [1.54, 1.807) is 0 Å². The first-order chi connectivity index (χ1) is 13.3. The van der Waals surface area contributed by atoms with Crippen LogP contribution in [0.5, 0.6) is 0 Å². The summed E-state index contributed by atoms with van der Waals surface area (Å²) >= 11 is 0. The molecule has 0 spiro atoms. The van der Waals surface area contributed by atoms with Gasteiger partial charge >= 0.3 is 0 Å². The first-order valence-corrected chi connectivity index (χ1v) is 10.0. The lowest BCUT2D eigenvalue weighted by Gasteiger charge is -2.32. The number of aromatic nitrogens is 2. The monoisotopic (exact) mass is 439 g/mol. The molecule has 3 N–H and O–H groups in total. The van der Waals surface area contributed by atoms with E-state index in [2.05, 4.69) is 28.4 Å². The molecule has 0 bridgehead atoms. The lowest BCUT2D eigenvalue weighted by molar-refractivity contribution is 0.130. The first-order valence-electron chi connectivity index (χ1n) is 10.0. The quantitative estimate of drug-likeness (QED) is 0.609. The Bertz CT molecular complexity index is 737. The van der Waals surface area contributed by atoms with E-state index in [4.69, 9.17) is 20.4 Å². The van der Waals surface area contributed by atoms with Crippen LogP contribution in [0.15, 0.2) is 36.4 Å². The third kappa shape index (κ3) is 6.44. The highest BCUT2D eigenvalue weighted by atomic mass is 35.5. The molecule has 0 radical (unpaired) electrons. The average molecular weight is 440 g/mol. The molecule has 2 heterocycles. The molecular weight excluding hydrogens is 409 g/mol. The van der Waals surface area contributed by atoms with Crippen molar-refractivity contribution in [1.29, 1.82) is 0 Å². The van der Waals surface area contributed by atoms with Gasteiger partial charge in [-0.05, 0) is 31.2 Å². The van der Waals surface area contributed by atoms with Crippen molar-refractivity contribution in [1.82, 2.24) is 9.97 Å². The lowest BCUT2D eigenvalue weighted by Crippen LogP contribution is -2.35. The van der Waals surface area contributed by atoms with Gasteiger partial charge in [0.05, 0.1) is 18.9 Å². The Labute approximate surface area is 185 Å². The molecule has 1 aromatic carbocycles. The molecule has 0 atom stereocenters. The van der Waals surface area contributed by atoms with E-state index in [1.165, 1.54) is 18.4 Å². The molecule has 160 valence electrons. The van der Waals surface area contributed by atoms with Crippen molar-refractivity contribution in [2.75, 3.05) is 36.5 Å². The number of nitrogens with zero attached hydrogens (tertiary/aromatic N) is 3. The molecule has 1 saturated heterocycles. The smallest absolute Gasteiger partial charge is 0.227 e. The number of nitrogens with two attached hydrogens (primary N) is 1.